The average molecular weight is 338 g/mol. The van der Waals surface area contributed by atoms with Gasteiger partial charge in [0.05, 0.1) is 6.10 Å². The smallest absolute Gasteiger partial charge is 0.0609 e. The van der Waals surface area contributed by atoms with Gasteiger partial charge in [-0.1, -0.05) is 54.6 Å². The van der Waals surface area contributed by atoms with Crippen molar-refractivity contribution in [2.24, 2.45) is 11.7 Å². The summed E-state index contributed by atoms with van der Waals surface area (Å²) in [5, 5.41) is 10.6. The standard InChI is InChI=1S/C22H30N2O/c23-13-10-18-6-8-20(9-7-18)17-24-14-11-21(12-15-24)22(25)16-19-4-2-1-3-5-19/h1-9,21-22,25H,10-17,23H2/t22-/m0/s1. The van der Waals surface area contributed by atoms with Crippen LogP contribution in [0.4, 0.5) is 0 Å². The minimum atomic E-state index is -0.222. The highest BCUT2D eigenvalue weighted by Gasteiger charge is 2.25. The predicted molar refractivity (Wildman–Crippen MR) is 103 cm³/mol. The third kappa shape index (κ3) is 5.40. The van der Waals surface area contributed by atoms with Gasteiger partial charge in [0, 0.05) is 6.54 Å². The lowest BCUT2D eigenvalue weighted by atomic mass is 9.88. The van der Waals surface area contributed by atoms with Gasteiger partial charge in [-0.05, 0) is 67.9 Å². The topological polar surface area (TPSA) is 49.5 Å². The Labute approximate surface area is 151 Å². The van der Waals surface area contributed by atoms with Gasteiger partial charge in [0.25, 0.3) is 0 Å². The van der Waals surface area contributed by atoms with Crippen molar-refractivity contribution in [1.82, 2.24) is 4.90 Å². The number of nitrogens with zero attached hydrogens (tertiary/aromatic N) is 1. The summed E-state index contributed by atoms with van der Waals surface area (Å²) in [5.74, 6) is 0.420. The summed E-state index contributed by atoms with van der Waals surface area (Å²) < 4.78 is 0. The summed E-state index contributed by atoms with van der Waals surface area (Å²) in [7, 11) is 0. The minimum Gasteiger partial charge on any atom is -0.392 e. The first-order valence-corrected chi connectivity index (χ1v) is 9.47. The van der Waals surface area contributed by atoms with E-state index < -0.39 is 0 Å². The Morgan fingerprint density at radius 2 is 1.56 bits per heavy atom. The molecular weight excluding hydrogens is 308 g/mol. The molecule has 0 aliphatic carbocycles. The number of piperidine rings is 1. The fourth-order valence-electron chi connectivity index (χ4n) is 3.75. The molecule has 0 radical (unpaired) electrons. The van der Waals surface area contributed by atoms with Crippen LogP contribution in [-0.2, 0) is 19.4 Å². The minimum absolute atomic E-state index is 0.222. The van der Waals surface area contributed by atoms with Crippen molar-refractivity contribution >= 4 is 0 Å². The van der Waals surface area contributed by atoms with Gasteiger partial charge in [0.1, 0.15) is 0 Å². The quantitative estimate of drug-likeness (QED) is 0.816. The predicted octanol–water partition coefficient (Wildman–Crippen LogP) is 3.00. The summed E-state index contributed by atoms with van der Waals surface area (Å²) in [6, 6.07) is 19.2. The molecule has 3 heteroatoms. The second-order valence-electron chi connectivity index (χ2n) is 7.23. The SMILES string of the molecule is NCCc1ccc(CN2CCC([C@@H](O)Cc3ccccc3)CC2)cc1. The Balaban J connectivity index is 1.45. The van der Waals surface area contributed by atoms with E-state index in [1.165, 1.54) is 16.7 Å². The zero-order valence-electron chi connectivity index (χ0n) is 15.0. The number of hydrogen-bond donors (Lipinski definition) is 2. The molecule has 3 nitrogen and oxygen atoms in total. The van der Waals surface area contributed by atoms with E-state index in [4.69, 9.17) is 5.73 Å². The van der Waals surface area contributed by atoms with Crippen molar-refractivity contribution in [1.29, 1.82) is 0 Å². The van der Waals surface area contributed by atoms with E-state index in [9.17, 15) is 5.11 Å². The van der Waals surface area contributed by atoms with E-state index in [0.29, 0.717) is 12.5 Å². The van der Waals surface area contributed by atoms with Gasteiger partial charge in [-0.25, -0.2) is 0 Å². The first-order chi connectivity index (χ1) is 12.2. The molecule has 0 aromatic heterocycles. The van der Waals surface area contributed by atoms with Crippen LogP contribution in [0.3, 0.4) is 0 Å². The van der Waals surface area contributed by atoms with Gasteiger partial charge in [-0.3, -0.25) is 4.90 Å². The highest BCUT2D eigenvalue weighted by atomic mass is 16.3. The molecule has 1 fully saturated rings. The van der Waals surface area contributed by atoms with Crippen molar-refractivity contribution in [3.63, 3.8) is 0 Å². The van der Waals surface area contributed by atoms with Crippen molar-refractivity contribution < 1.29 is 5.11 Å². The number of rotatable bonds is 7. The van der Waals surface area contributed by atoms with E-state index >= 15 is 0 Å². The Hall–Kier alpha value is -1.68. The highest BCUT2D eigenvalue weighted by molar-refractivity contribution is 5.23. The second kappa shape index (κ2) is 9.14. The molecule has 1 saturated heterocycles. The maximum absolute atomic E-state index is 10.6. The summed E-state index contributed by atoms with van der Waals surface area (Å²) in [6.07, 6.45) is 3.66. The van der Waals surface area contributed by atoms with Crippen LogP contribution in [0.1, 0.15) is 29.5 Å². The maximum Gasteiger partial charge on any atom is 0.0609 e. The normalized spacial score (nSPS) is 17.5. The van der Waals surface area contributed by atoms with Crippen molar-refractivity contribution in [3.05, 3.63) is 71.3 Å². The van der Waals surface area contributed by atoms with Crippen molar-refractivity contribution in [3.8, 4) is 0 Å². The number of likely N-dealkylation sites (tertiary alicyclic amines) is 1. The molecular formula is C22H30N2O. The van der Waals surface area contributed by atoms with Crippen LogP contribution in [0.15, 0.2) is 54.6 Å². The molecule has 1 heterocycles. The summed E-state index contributed by atoms with van der Waals surface area (Å²) in [4.78, 5) is 2.50. The molecule has 1 atom stereocenters. The van der Waals surface area contributed by atoms with Crippen LogP contribution in [-0.4, -0.2) is 35.7 Å². The summed E-state index contributed by atoms with van der Waals surface area (Å²) in [5.41, 5.74) is 9.52. The molecule has 0 amide bonds. The zero-order valence-corrected chi connectivity index (χ0v) is 15.0. The monoisotopic (exact) mass is 338 g/mol. The second-order valence-corrected chi connectivity index (χ2v) is 7.23. The van der Waals surface area contributed by atoms with Crippen LogP contribution >= 0.6 is 0 Å². The first-order valence-electron chi connectivity index (χ1n) is 9.47. The van der Waals surface area contributed by atoms with Crippen LogP contribution in [0.25, 0.3) is 0 Å². The average Bonchev–Trinajstić information content (AvgIpc) is 2.65. The van der Waals surface area contributed by atoms with Gasteiger partial charge in [-0.2, -0.15) is 0 Å². The third-order valence-electron chi connectivity index (χ3n) is 5.33. The molecule has 0 bridgehead atoms. The molecule has 3 N–H and O–H groups in total. The number of hydrogen-bond acceptors (Lipinski definition) is 3. The number of aliphatic hydroxyl groups excluding tert-OH is 1. The fourth-order valence-corrected chi connectivity index (χ4v) is 3.75. The molecule has 0 saturated carbocycles. The number of aliphatic hydroxyl groups is 1. The number of nitrogens with two attached hydrogens (primary N) is 1. The van der Waals surface area contributed by atoms with Crippen molar-refractivity contribution in [2.75, 3.05) is 19.6 Å². The van der Waals surface area contributed by atoms with Crippen molar-refractivity contribution in [2.45, 2.75) is 38.3 Å². The molecule has 25 heavy (non-hydrogen) atoms. The molecule has 1 aliphatic rings. The highest BCUT2D eigenvalue weighted by Crippen LogP contribution is 2.24. The lowest BCUT2D eigenvalue weighted by Crippen LogP contribution is -2.38. The molecule has 1 aliphatic heterocycles. The van der Waals surface area contributed by atoms with Gasteiger partial charge >= 0.3 is 0 Å². The Kier molecular flexibility index (Phi) is 6.62. The molecule has 0 unspecified atom stereocenters. The molecule has 0 spiro atoms. The first kappa shape index (κ1) is 18.1. The lowest BCUT2D eigenvalue weighted by molar-refractivity contribution is 0.0576. The van der Waals surface area contributed by atoms with Crippen LogP contribution < -0.4 is 5.73 Å². The molecule has 3 rings (SSSR count). The van der Waals surface area contributed by atoms with Crippen LogP contribution in [0.5, 0.6) is 0 Å². The Morgan fingerprint density at radius 3 is 2.20 bits per heavy atom. The lowest BCUT2D eigenvalue weighted by Gasteiger charge is -2.34. The molecule has 2 aromatic carbocycles. The van der Waals surface area contributed by atoms with Crippen LogP contribution in [0.2, 0.25) is 0 Å². The largest absolute Gasteiger partial charge is 0.392 e. The maximum atomic E-state index is 10.6. The van der Waals surface area contributed by atoms with Gasteiger partial charge in [-0.15, -0.1) is 0 Å². The number of benzene rings is 2. The Morgan fingerprint density at radius 1 is 0.920 bits per heavy atom. The van der Waals surface area contributed by atoms with Gasteiger partial charge < -0.3 is 10.8 Å². The fraction of sp³-hybridized carbons (Fsp3) is 0.455. The molecule has 2 aromatic rings. The summed E-state index contributed by atoms with van der Waals surface area (Å²) in [6.45, 7) is 3.85. The van der Waals surface area contributed by atoms with E-state index in [2.05, 4.69) is 41.3 Å². The van der Waals surface area contributed by atoms with E-state index in [-0.39, 0.29) is 6.10 Å². The van der Waals surface area contributed by atoms with E-state index in [0.717, 1.165) is 45.3 Å². The zero-order chi connectivity index (χ0) is 17.5. The van der Waals surface area contributed by atoms with Gasteiger partial charge in [0.15, 0.2) is 0 Å². The summed E-state index contributed by atoms with van der Waals surface area (Å²) >= 11 is 0. The van der Waals surface area contributed by atoms with Gasteiger partial charge in [0.2, 0.25) is 0 Å². The van der Waals surface area contributed by atoms with E-state index in [1.54, 1.807) is 0 Å². The Bertz CT molecular complexity index is 618. The van der Waals surface area contributed by atoms with Crippen LogP contribution in [0, 0.1) is 5.92 Å². The third-order valence-corrected chi connectivity index (χ3v) is 5.33. The molecule has 134 valence electrons. The van der Waals surface area contributed by atoms with E-state index in [1.807, 2.05) is 18.2 Å².